The number of allylic oxidation sites excluding steroid dienone is 1. The van der Waals surface area contributed by atoms with E-state index in [4.69, 9.17) is 0 Å². The predicted molar refractivity (Wildman–Crippen MR) is 141 cm³/mol. The summed E-state index contributed by atoms with van der Waals surface area (Å²) in [6.07, 6.45) is 3.68. The Morgan fingerprint density at radius 2 is 1.73 bits per heavy atom. The fourth-order valence-corrected chi connectivity index (χ4v) is 5.83. The second-order valence-corrected chi connectivity index (χ2v) is 9.86. The van der Waals surface area contributed by atoms with Gasteiger partial charge in [0.25, 0.3) is 0 Å². The maximum atomic E-state index is 13.5. The molecule has 0 spiro atoms. The minimum Gasteiger partial charge on any atom is -0.507 e. The molecule has 2 aliphatic rings. The second-order valence-electron chi connectivity index (χ2n) is 9.86. The molecule has 196 valence electrons. The highest BCUT2D eigenvalue weighted by molar-refractivity contribution is 6.22. The highest BCUT2D eigenvalue weighted by atomic mass is 16.3. The lowest BCUT2D eigenvalue weighted by molar-refractivity contribution is -0.123. The van der Waals surface area contributed by atoms with E-state index in [2.05, 4.69) is 6.92 Å². The largest absolute Gasteiger partial charge is 0.507 e. The summed E-state index contributed by atoms with van der Waals surface area (Å²) in [7, 11) is 0. The zero-order valence-electron chi connectivity index (χ0n) is 21.1. The van der Waals surface area contributed by atoms with Crippen LogP contribution in [0.1, 0.15) is 44.6 Å². The minimum absolute atomic E-state index is 0.174. The van der Waals surface area contributed by atoms with Crippen molar-refractivity contribution in [2.75, 3.05) is 18.1 Å². The molecule has 0 aromatic heterocycles. The Bertz CT molecular complexity index is 1190. The van der Waals surface area contributed by atoms with E-state index >= 15 is 0 Å². The van der Waals surface area contributed by atoms with Crippen LogP contribution in [-0.2, 0) is 9.59 Å². The Morgan fingerprint density at radius 1 is 1.03 bits per heavy atom. The maximum absolute atomic E-state index is 13.5. The molecule has 2 amide bonds. The smallest absolute Gasteiger partial charge is 0.238 e. The third-order valence-corrected chi connectivity index (χ3v) is 7.55. The molecular weight excluding hydrogens is 470 g/mol. The Balaban J connectivity index is 1.58. The number of para-hydroxylation sites is 2. The third kappa shape index (κ3) is 5.39. The van der Waals surface area contributed by atoms with E-state index < -0.39 is 30.5 Å². The SMILES string of the molecule is CCC/C(=C\c1ccccc1O)CC[C@@H](O)C1=C(CO)C[C@H]2C(=O)N(c3ccccc3)C(=O)[C@H]2[C@H]1CO. The number of benzene rings is 2. The van der Waals surface area contributed by atoms with Crippen molar-refractivity contribution in [1.29, 1.82) is 0 Å². The predicted octanol–water partition coefficient (Wildman–Crippen LogP) is 3.82. The number of hydrogen-bond donors (Lipinski definition) is 4. The summed E-state index contributed by atoms with van der Waals surface area (Å²) < 4.78 is 0. The van der Waals surface area contributed by atoms with Crippen LogP contribution in [0.2, 0.25) is 0 Å². The molecule has 1 fully saturated rings. The van der Waals surface area contributed by atoms with Crippen LogP contribution in [0.5, 0.6) is 5.75 Å². The van der Waals surface area contributed by atoms with Crippen molar-refractivity contribution in [1.82, 2.24) is 0 Å². The van der Waals surface area contributed by atoms with E-state index in [0.717, 1.165) is 18.4 Å². The molecule has 2 aromatic carbocycles. The third-order valence-electron chi connectivity index (χ3n) is 7.55. The van der Waals surface area contributed by atoms with Gasteiger partial charge in [0, 0.05) is 11.5 Å². The summed E-state index contributed by atoms with van der Waals surface area (Å²) in [6.45, 7) is 1.30. The molecule has 2 aromatic rings. The van der Waals surface area contributed by atoms with Crippen molar-refractivity contribution in [3.8, 4) is 5.75 Å². The zero-order valence-corrected chi connectivity index (χ0v) is 21.1. The molecule has 7 nitrogen and oxygen atoms in total. The maximum Gasteiger partial charge on any atom is 0.238 e. The van der Waals surface area contributed by atoms with Gasteiger partial charge in [-0.3, -0.25) is 14.5 Å². The molecule has 0 bridgehead atoms. The van der Waals surface area contributed by atoms with Crippen LogP contribution in [0, 0.1) is 17.8 Å². The molecule has 0 radical (unpaired) electrons. The number of aromatic hydroxyl groups is 1. The van der Waals surface area contributed by atoms with Crippen molar-refractivity contribution < 1.29 is 30.0 Å². The number of aliphatic hydroxyl groups is 3. The molecule has 4 rings (SSSR count). The first-order valence-electron chi connectivity index (χ1n) is 12.9. The molecule has 1 saturated heterocycles. The number of aliphatic hydroxyl groups excluding tert-OH is 3. The normalized spacial score (nSPS) is 23.0. The van der Waals surface area contributed by atoms with Crippen LogP contribution < -0.4 is 4.90 Å². The summed E-state index contributed by atoms with van der Waals surface area (Å²) in [5, 5.41) is 42.0. The number of nitrogens with zero attached hydrogens (tertiary/aromatic N) is 1. The van der Waals surface area contributed by atoms with Crippen molar-refractivity contribution in [2.45, 2.75) is 45.1 Å². The molecule has 1 heterocycles. The topological polar surface area (TPSA) is 118 Å². The molecule has 37 heavy (non-hydrogen) atoms. The number of imide groups is 1. The van der Waals surface area contributed by atoms with Crippen molar-refractivity contribution in [3.05, 3.63) is 76.9 Å². The highest BCUT2D eigenvalue weighted by Crippen LogP contribution is 2.47. The van der Waals surface area contributed by atoms with Gasteiger partial charge in [-0.15, -0.1) is 0 Å². The second kappa shape index (κ2) is 11.9. The van der Waals surface area contributed by atoms with Gasteiger partial charge in [0.15, 0.2) is 0 Å². The first-order valence-corrected chi connectivity index (χ1v) is 12.9. The molecule has 7 heteroatoms. The minimum atomic E-state index is -0.987. The zero-order chi connectivity index (χ0) is 26.5. The monoisotopic (exact) mass is 505 g/mol. The van der Waals surface area contributed by atoms with Crippen LogP contribution in [0.3, 0.4) is 0 Å². The first-order chi connectivity index (χ1) is 17.9. The van der Waals surface area contributed by atoms with Crippen molar-refractivity contribution in [3.63, 3.8) is 0 Å². The molecule has 4 N–H and O–H groups in total. The fourth-order valence-electron chi connectivity index (χ4n) is 5.83. The van der Waals surface area contributed by atoms with Gasteiger partial charge in [-0.25, -0.2) is 0 Å². The summed E-state index contributed by atoms with van der Waals surface area (Å²) in [6, 6.07) is 15.8. The Morgan fingerprint density at radius 3 is 2.38 bits per heavy atom. The van der Waals surface area contributed by atoms with E-state index in [9.17, 15) is 30.0 Å². The number of phenols is 1. The molecule has 0 unspecified atom stereocenters. The molecule has 4 atom stereocenters. The number of rotatable bonds is 10. The van der Waals surface area contributed by atoms with Crippen LogP contribution >= 0.6 is 0 Å². The lowest BCUT2D eigenvalue weighted by atomic mass is 9.68. The lowest BCUT2D eigenvalue weighted by Gasteiger charge is -2.36. The average molecular weight is 506 g/mol. The molecule has 1 aliphatic heterocycles. The number of anilines is 1. The first kappa shape index (κ1) is 26.8. The fraction of sp³-hybridized carbons (Fsp3) is 0.400. The van der Waals surface area contributed by atoms with E-state index in [1.54, 1.807) is 42.5 Å². The van der Waals surface area contributed by atoms with E-state index in [0.29, 0.717) is 35.2 Å². The van der Waals surface area contributed by atoms with Gasteiger partial charge in [0.2, 0.25) is 11.8 Å². The Kier molecular flexibility index (Phi) is 8.59. The van der Waals surface area contributed by atoms with Gasteiger partial charge >= 0.3 is 0 Å². The van der Waals surface area contributed by atoms with Gasteiger partial charge in [-0.2, -0.15) is 0 Å². The Labute approximate surface area is 217 Å². The number of fused-ring (bicyclic) bond motifs is 1. The summed E-state index contributed by atoms with van der Waals surface area (Å²) >= 11 is 0. The summed E-state index contributed by atoms with van der Waals surface area (Å²) in [5.41, 5.74) is 3.24. The van der Waals surface area contributed by atoms with Gasteiger partial charge in [0.05, 0.1) is 36.8 Å². The number of carbonyl (C=O) groups excluding carboxylic acids is 2. The number of phenolic OH excluding ortho intramolecular Hbond substituents is 1. The summed E-state index contributed by atoms with van der Waals surface area (Å²) in [4.78, 5) is 27.9. The van der Waals surface area contributed by atoms with E-state index in [-0.39, 0.29) is 30.6 Å². The number of carbonyl (C=O) groups is 2. The van der Waals surface area contributed by atoms with Gasteiger partial charge < -0.3 is 20.4 Å². The van der Waals surface area contributed by atoms with Crippen LogP contribution in [-0.4, -0.2) is 51.6 Å². The Hall–Kier alpha value is -3.26. The van der Waals surface area contributed by atoms with Gasteiger partial charge in [-0.1, -0.05) is 61.4 Å². The van der Waals surface area contributed by atoms with Crippen LogP contribution in [0.25, 0.3) is 6.08 Å². The molecule has 0 saturated carbocycles. The molecule has 1 aliphatic carbocycles. The van der Waals surface area contributed by atoms with Crippen LogP contribution in [0.15, 0.2) is 71.3 Å². The highest BCUT2D eigenvalue weighted by Gasteiger charge is 2.55. The number of hydrogen-bond acceptors (Lipinski definition) is 6. The number of amides is 2. The lowest BCUT2D eigenvalue weighted by Crippen LogP contribution is -2.39. The molecular formula is C30H35NO6. The van der Waals surface area contributed by atoms with Gasteiger partial charge in [-0.05, 0) is 55.0 Å². The van der Waals surface area contributed by atoms with Gasteiger partial charge in [0.1, 0.15) is 5.75 Å². The van der Waals surface area contributed by atoms with Crippen molar-refractivity contribution >= 4 is 23.6 Å². The average Bonchev–Trinajstić information content (AvgIpc) is 3.16. The van der Waals surface area contributed by atoms with Crippen molar-refractivity contribution in [2.24, 2.45) is 17.8 Å². The standard InChI is InChI=1S/C30H35NO6/c1-2-8-19(15-20-9-6-7-12-25(20)34)13-14-26(35)27-21(17-32)16-23-28(24(27)18-33)30(37)31(29(23)36)22-10-4-3-5-11-22/h3-7,9-12,15,23-24,26,28,32-35H,2,8,13-14,16-18H2,1H3/b19-15+/t23-,24+,26-,28-/m1/s1. The van der Waals surface area contributed by atoms with E-state index in [1.165, 1.54) is 4.90 Å². The van der Waals surface area contributed by atoms with Crippen LogP contribution in [0.4, 0.5) is 5.69 Å². The summed E-state index contributed by atoms with van der Waals surface area (Å²) in [5.74, 6) is -2.75. The van der Waals surface area contributed by atoms with E-state index in [1.807, 2.05) is 18.2 Å². The quantitative estimate of drug-likeness (QED) is 0.288.